The Balaban J connectivity index is 2.05. The van der Waals surface area contributed by atoms with Gasteiger partial charge in [0.1, 0.15) is 0 Å². The summed E-state index contributed by atoms with van der Waals surface area (Å²) in [7, 11) is 0. The van der Waals surface area contributed by atoms with E-state index in [2.05, 4.69) is 68.6 Å². The molecule has 0 aliphatic heterocycles. The van der Waals surface area contributed by atoms with E-state index in [0.717, 1.165) is 0 Å². The van der Waals surface area contributed by atoms with Crippen LogP contribution in [-0.4, -0.2) is 6.04 Å². The van der Waals surface area contributed by atoms with E-state index in [1.807, 2.05) is 0 Å². The Morgan fingerprint density at radius 1 is 0.950 bits per heavy atom. The Kier molecular flexibility index (Phi) is 5.60. The second kappa shape index (κ2) is 7.44. The van der Waals surface area contributed by atoms with Crippen LogP contribution in [0.3, 0.4) is 0 Å². The van der Waals surface area contributed by atoms with Crippen molar-refractivity contribution >= 4 is 10.8 Å². The minimum atomic E-state index is 0.401. The summed E-state index contributed by atoms with van der Waals surface area (Å²) in [5.74, 6) is 0. The fraction of sp³-hybridized carbons (Fsp3) is 0.474. The fourth-order valence-electron chi connectivity index (χ4n) is 2.93. The van der Waals surface area contributed by atoms with Gasteiger partial charge in [0.25, 0.3) is 0 Å². The first-order chi connectivity index (χ1) is 9.72. The van der Waals surface area contributed by atoms with Crippen molar-refractivity contribution in [3.63, 3.8) is 0 Å². The summed E-state index contributed by atoms with van der Waals surface area (Å²) in [5, 5.41) is 6.45. The number of hydrogen-bond donors (Lipinski definition) is 1. The van der Waals surface area contributed by atoms with Gasteiger partial charge in [-0.3, -0.25) is 0 Å². The summed E-state index contributed by atoms with van der Waals surface area (Å²) >= 11 is 0. The van der Waals surface area contributed by atoms with E-state index in [0.29, 0.717) is 12.1 Å². The Morgan fingerprint density at radius 2 is 1.70 bits per heavy atom. The summed E-state index contributed by atoms with van der Waals surface area (Å²) in [5.41, 5.74) is 1.41. The summed E-state index contributed by atoms with van der Waals surface area (Å²) in [6.07, 6.45) is 5.23. The van der Waals surface area contributed by atoms with Crippen LogP contribution < -0.4 is 5.32 Å². The fourth-order valence-corrected chi connectivity index (χ4v) is 2.93. The van der Waals surface area contributed by atoms with Gasteiger partial charge in [-0.1, -0.05) is 68.7 Å². The molecule has 0 aromatic heterocycles. The van der Waals surface area contributed by atoms with Crippen molar-refractivity contribution in [3.8, 4) is 0 Å². The van der Waals surface area contributed by atoms with Crippen LogP contribution in [0.2, 0.25) is 0 Å². The van der Waals surface area contributed by atoms with Crippen LogP contribution in [0.1, 0.15) is 58.1 Å². The lowest BCUT2D eigenvalue weighted by Crippen LogP contribution is -2.28. The molecule has 2 rings (SSSR count). The highest BCUT2D eigenvalue weighted by Crippen LogP contribution is 2.24. The van der Waals surface area contributed by atoms with Crippen LogP contribution in [0.25, 0.3) is 10.8 Å². The predicted molar refractivity (Wildman–Crippen MR) is 89.1 cm³/mol. The second-order valence-electron chi connectivity index (χ2n) is 5.85. The van der Waals surface area contributed by atoms with Crippen molar-refractivity contribution in [2.24, 2.45) is 0 Å². The van der Waals surface area contributed by atoms with Gasteiger partial charge in [-0.2, -0.15) is 0 Å². The topological polar surface area (TPSA) is 12.0 Å². The molecule has 0 saturated heterocycles. The van der Waals surface area contributed by atoms with E-state index in [-0.39, 0.29) is 0 Å². The third kappa shape index (κ3) is 3.83. The zero-order chi connectivity index (χ0) is 14.4. The van der Waals surface area contributed by atoms with Crippen LogP contribution >= 0.6 is 0 Å². The van der Waals surface area contributed by atoms with Crippen molar-refractivity contribution in [1.82, 2.24) is 5.32 Å². The summed E-state index contributed by atoms with van der Waals surface area (Å²) < 4.78 is 0. The molecular weight excluding hydrogens is 242 g/mol. The van der Waals surface area contributed by atoms with Gasteiger partial charge < -0.3 is 5.32 Å². The number of fused-ring (bicyclic) bond motifs is 1. The molecule has 2 unspecified atom stereocenters. The quantitative estimate of drug-likeness (QED) is 0.658. The summed E-state index contributed by atoms with van der Waals surface area (Å²) in [4.78, 5) is 0. The molecule has 1 heteroatoms. The van der Waals surface area contributed by atoms with Crippen molar-refractivity contribution in [3.05, 3.63) is 48.0 Å². The summed E-state index contributed by atoms with van der Waals surface area (Å²) in [6, 6.07) is 16.2. The van der Waals surface area contributed by atoms with Gasteiger partial charge in [0.15, 0.2) is 0 Å². The highest BCUT2D eigenvalue weighted by molar-refractivity contribution is 5.86. The van der Waals surface area contributed by atoms with E-state index in [9.17, 15) is 0 Å². The Bertz CT molecular complexity index is 527. The molecule has 20 heavy (non-hydrogen) atoms. The van der Waals surface area contributed by atoms with Crippen molar-refractivity contribution in [1.29, 1.82) is 0 Å². The monoisotopic (exact) mass is 269 g/mol. The van der Waals surface area contributed by atoms with Crippen molar-refractivity contribution in [2.75, 3.05) is 0 Å². The molecule has 1 N–H and O–H groups in total. The van der Waals surface area contributed by atoms with Crippen LogP contribution in [-0.2, 0) is 0 Å². The first-order valence-corrected chi connectivity index (χ1v) is 7.96. The predicted octanol–water partition coefficient (Wildman–Crippen LogP) is 5.46. The lowest BCUT2D eigenvalue weighted by molar-refractivity contribution is 0.441. The Labute approximate surface area is 123 Å². The SMILES string of the molecule is CCCCCC(C)NC(C)c1cccc2ccccc12. The molecule has 1 nitrogen and oxygen atoms in total. The maximum absolute atomic E-state index is 3.75. The van der Waals surface area contributed by atoms with Gasteiger partial charge in [-0.15, -0.1) is 0 Å². The molecular formula is C19H27N. The maximum Gasteiger partial charge on any atom is 0.0300 e. The lowest BCUT2D eigenvalue weighted by Gasteiger charge is -2.21. The molecule has 0 radical (unpaired) electrons. The van der Waals surface area contributed by atoms with Crippen LogP contribution in [0, 0.1) is 0 Å². The third-order valence-electron chi connectivity index (χ3n) is 4.07. The molecule has 0 spiro atoms. The van der Waals surface area contributed by atoms with E-state index < -0.39 is 0 Å². The highest BCUT2D eigenvalue weighted by atomic mass is 14.9. The number of hydrogen-bond acceptors (Lipinski definition) is 1. The number of nitrogens with one attached hydrogen (secondary N) is 1. The maximum atomic E-state index is 3.75. The van der Waals surface area contributed by atoms with Gasteiger partial charge >= 0.3 is 0 Å². The minimum absolute atomic E-state index is 0.401. The smallest absolute Gasteiger partial charge is 0.0300 e. The van der Waals surface area contributed by atoms with E-state index >= 15 is 0 Å². The molecule has 2 aromatic carbocycles. The van der Waals surface area contributed by atoms with Crippen molar-refractivity contribution in [2.45, 2.75) is 58.5 Å². The largest absolute Gasteiger partial charge is 0.308 e. The highest BCUT2D eigenvalue weighted by Gasteiger charge is 2.11. The average Bonchev–Trinajstić information content (AvgIpc) is 2.47. The molecule has 0 aliphatic rings. The molecule has 2 aromatic rings. The zero-order valence-electron chi connectivity index (χ0n) is 13.0. The van der Waals surface area contributed by atoms with Gasteiger partial charge in [0.05, 0.1) is 0 Å². The molecule has 0 heterocycles. The van der Waals surface area contributed by atoms with Crippen LogP contribution in [0.5, 0.6) is 0 Å². The lowest BCUT2D eigenvalue weighted by atomic mass is 9.98. The van der Waals surface area contributed by atoms with E-state index in [1.54, 1.807) is 0 Å². The Hall–Kier alpha value is -1.34. The first-order valence-electron chi connectivity index (χ1n) is 7.96. The normalized spacial score (nSPS) is 14.3. The van der Waals surface area contributed by atoms with Crippen LogP contribution in [0.15, 0.2) is 42.5 Å². The molecule has 0 fully saturated rings. The summed E-state index contributed by atoms with van der Waals surface area (Å²) in [6.45, 7) is 6.84. The molecule has 0 amide bonds. The van der Waals surface area contributed by atoms with Gasteiger partial charge in [0, 0.05) is 12.1 Å². The molecule has 0 aliphatic carbocycles. The molecule has 0 bridgehead atoms. The zero-order valence-corrected chi connectivity index (χ0v) is 13.0. The van der Waals surface area contributed by atoms with E-state index in [1.165, 1.54) is 42.0 Å². The molecule has 2 atom stereocenters. The number of unbranched alkanes of at least 4 members (excludes halogenated alkanes) is 2. The molecule has 0 saturated carbocycles. The van der Waals surface area contributed by atoms with Gasteiger partial charge in [-0.05, 0) is 36.6 Å². The second-order valence-corrected chi connectivity index (χ2v) is 5.85. The van der Waals surface area contributed by atoms with Crippen molar-refractivity contribution < 1.29 is 0 Å². The third-order valence-corrected chi connectivity index (χ3v) is 4.07. The van der Waals surface area contributed by atoms with E-state index in [4.69, 9.17) is 0 Å². The molecule has 108 valence electrons. The minimum Gasteiger partial charge on any atom is -0.308 e. The average molecular weight is 269 g/mol. The van der Waals surface area contributed by atoms with Crippen LogP contribution in [0.4, 0.5) is 0 Å². The standard InChI is InChI=1S/C19H27N/c1-4-5-6-10-15(2)20-16(3)18-14-9-12-17-11-7-8-13-19(17)18/h7-9,11-16,20H,4-6,10H2,1-3H3. The number of rotatable bonds is 7. The Morgan fingerprint density at radius 3 is 2.50 bits per heavy atom. The first kappa shape index (κ1) is 15.1. The van der Waals surface area contributed by atoms with Gasteiger partial charge in [-0.25, -0.2) is 0 Å². The van der Waals surface area contributed by atoms with Gasteiger partial charge in [0.2, 0.25) is 0 Å². The number of benzene rings is 2.